The molecule has 1 aromatic carbocycles. The molecule has 1 aromatic rings. The van der Waals surface area contributed by atoms with Gasteiger partial charge in [-0.3, -0.25) is 0 Å². The molecule has 0 aliphatic carbocycles. The molecule has 27 heavy (non-hydrogen) atoms. The molecule has 2 heterocycles. The molecule has 2 aliphatic rings. The molecular weight excluding hydrogens is 342 g/mol. The summed E-state index contributed by atoms with van der Waals surface area (Å²) in [6.07, 6.45) is 3.74. The number of anilines is 2. The lowest BCUT2D eigenvalue weighted by molar-refractivity contribution is 0.0483. The quantitative estimate of drug-likeness (QED) is 0.787. The van der Waals surface area contributed by atoms with Gasteiger partial charge in [0.05, 0.1) is 17.3 Å². The van der Waals surface area contributed by atoms with E-state index in [1.54, 1.807) is 0 Å². The van der Waals surface area contributed by atoms with Crippen LogP contribution in [0.4, 0.5) is 16.2 Å². The molecule has 2 unspecified atom stereocenters. The van der Waals surface area contributed by atoms with Crippen LogP contribution in [0.3, 0.4) is 0 Å². The van der Waals surface area contributed by atoms with Crippen molar-refractivity contribution in [1.82, 2.24) is 4.90 Å². The van der Waals surface area contributed by atoms with Crippen LogP contribution in [0, 0.1) is 0 Å². The fourth-order valence-corrected chi connectivity index (χ4v) is 4.12. The number of rotatable bonds is 5. The number of hydrogen-bond acceptors (Lipinski definition) is 5. The van der Waals surface area contributed by atoms with E-state index in [0.717, 1.165) is 56.8 Å². The van der Waals surface area contributed by atoms with Gasteiger partial charge in [-0.2, -0.15) is 0 Å². The third kappa shape index (κ3) is 4.09. The van der Waals surface area contributed by atoms with Gasteiger partial charge in [0.25, 0.3) is 0 Å². The molecule has 2 saturated heterocycles. The first kappa shape index (κ1) is 19.6. The highest BCUT2D eigenvalue weighted by Crippen LogP contribution is 2.41. The summed E-state index contributed by atoms with van der Waals surface area (Å²) in [6, 6.07) is 5.96. The van der Waals surface area contributed by atoms with Crippen LogP contribution in [0.25, 0.3) is 0 Å². The highest BCUT2D eigenvalue weighted by Gasteiger charge is 2.49. The lowest BCUT2D eigenvalue weighted by atomic mass is 9.95. The molecule has 1 amide bonds. The van der Waals surface area contributed by atoms with E-state index < -0.39 is 0 Å². The molecule has 1 spiro atoms. The van der Waals surface area contributed by atoms with Crippen LogP contribution >= 0.6 is 0 Å². The van der Waals surface area contributed by atoms with Crippen LogP contribution in [-0.4, -0.2) is 48.4 Å². The Morgan fingerprint density at radius 1 is 1.26 bits per heavy atom. The summed E-state index contributed by atoms with van der Waals surface area (Å²) in [5, 5.41) is 0. The second-order valence-electron chi connectivity index (χ2n) is 8.14. The Labute approximate surface area is 162 Å². The van der Waals surface area contributed by atoms with Gasteiger partial charge in [0.2, 0.25) is 0 Å². The molecule has 0 saturated carbocycles. The van der Waals surface area contributed by atoms with E-state index in [2.05, 4.69) is 4.90 Å². The fraction of sp³-hybridized carbons (Fsp3) is 0.667. The van der Waals surface area contributed by atoms with Crippen molar-refractivity contribution in [3.8, 4) is 5.75 Å². The highest BCUT2D eigenvalue weighted by molar-refractivity contribution is 5.70. The lowest BCUT2D eigenvalue weighted by Crippen LogP contribution is -2.50. The van der Waals surface area contributed by atoms with Gasteiger partial charge in [0.1, 0.15) is 11.9 Å². The molecule has 0 aromatic heterocycles. The Morgan fingerprint density at radius 3 is 2.74 bits per heavy atom. The minimum Gasteiger partial charge on any atom is -0.489 e. The number of amides is 1. The monoisotopic (exact) mass is 375 g/mol. The van der Waals surface area contributed by atoms with E-state index >= 15 is 0 Å². The number of likely N-dealkylation sites (tertiary alicyclic amines) is 1. The zero-order valence-corrected chi connectivity index (χ0v) is 17.0. The first-order valence-electron chi connectivity index (χ1n) is 10.1. The third-order valence-electron chi connectivity index (χ3n) is 5.75. The van der Waals surface area contributed by atoms with Crippen LogP contribution in [0.2, 0.25) is 0 Å². The van der Waals surface area contributed by atoms with Gasteiger partial charge in [-0.25, -0.2) is 4.79 Å². The second-order valence-corrected chi connectivity index (χ2v) is 8.14. The number of benzene rings is 1. The van der Waals surface area contributed by atoms with Gasteiger partial charge in [0.15, 0.2) is 0 Å². The van der Waals surface area contributed by atoms with Crippen LogP contribution in [0.5, 0.6) is 5.75 Å². The van der Waals surface area contributed by atoms with Gasteiger partial charge < -0.3 is 25.0 Å². The number of carbonyl (C=O) groups excluding carboxylic acids is 1. The molecule has 6 heteroatoms. The summed E-state index contributed by atoms with van der Waals surface area (Å²) in [5.74, 6) is 0.725. The van der Waals surface area contributed by atoms with Crippen molar-refractivity contribution in [3.63, 3.8) is 0 Å². The van der Waals surface area contributed by atoms with Crippen molar-refractivity contribution in [2.75, 3.05) is 30.3 Å². The van der Waals surface area contributed by atoms with Gasteiger partial charge in [-0.05, 0) is 58.6 Å². The summed E-state index contributed by atoms with van der Waals surface area (Å²) < 4.78 is 11.5. The first-order chi connectivity index (χ1) is 12.8. The molecule has 6 nitrogen and oxygen atoms in total. The Hall–Kier alpha value is -2.11. The first-order valence-corrected chi connectivity index (χ1v) is 10.1. The maximum atomic E-state index is 12.7. The standard InChI is InChI=1S/C21H33N3O3/c1-5-16(4)27-20(25)24-11-6-9-21(24)10-12-23(14-21)17-7-8-18(22)19(13-17)26-15(2)3/h7-8,13,15-16H,5-6,9-12,14,22H2,1-4H3. The Morgan fingerprint density at radius 2 is 2.04 bits per heavy atom. The number of hydrogen-bond donors (Lipinski definition) is 1. The van der Waals surface area contributed by atoms with Crippen LogP contribution < -0.4 is 15.4 Å². The number of carbonyl (C=O) groups is 1. The number of nitrogen functional groups attached to an aromatic ring is 1. The van der Waals surface area contributed by atoms with Crippen LogP contribution in [0.1, 0.15) is 53.4 Å². The van der Waals surface area contributed by atoms with Crippen molar-refractivity contribution < 1.29 is 14.3 Å². The SMILES string of the molecule is CCC(C)OC(=O)N1CCCC12CCN(c1ccc(N)c(OC(C)C)c1)C2. The molecule has 2 atom stereocenters. The van der Waals surface area contributed by atoms with Gasteiger partial charge in [-0.15, -0.1) is 0 Å². The third-order valence-corrected chi connectivity index (χ3v) is 5.75. The molecule has 3 rings (SSSR count). The smallest absolute Gasteiger partial charge is 0.410 e. The molecule has 150 valence electrons. The number of nitrogens with two attached hydrogens (primary N) is 1. The maximum Gasteiger partial charge on any atom is 0.410 e. The van der Waals surface area contributed by atoms with Crippen molar-refractivity contribution in [1.29, 1.82) is 0 Å². The maximum absolute atomic E-state index is 12.7. The summed E-state index contributed by atoms with van der Waals surface area (Å²) >= 11 is 0. The molecule has 2 fully saturated rings. The molecule has 0 bridgehead atoms. The van der Waals surface area contributed by atoms with E-state index in [0.29, 0.717) is 5.69 Å². The Bertz CT molecular complexity index is 679. The zero-order chi connectivity index (χ0) is 19.6. The second kappa shape index (κ2) is 7.87. The zero-order valence-electron chi connectivity index (χ0n) is 17.0. The van der Waals surface area contributed by atoms with Crippen molar-refractivity contribution in [3.05, 3.63) is 18.2 Å². The van der Waals surface area contributed by atoms with Crippen LogP contribution in [0.15, 0.2) is 18.2 Å². The minimum atomic E-state index is -0.162. The van der Waals surface area contributed by atoms with Gasteiger partial charge >= 0.3 is 6.09 Å². The van der Waals surface area contributed by atoms with E-state index in [4.69, 9.17) is 15.2 Å². The minimum absolute atomic E-state index is 0.0412. The Kier molecular flexibility index (Phi) is 5.72. The summed E-state index contributed by atoms with van der Waals surface area (Å²) in [7, 11) is 0. The number of ether oxygens (including phenoxy) is 2. The van der Waals surface area contributed by atoms with E-state index in [-0.39, 0.29) is 23.8 Å². The average molecular weight is 376 g/mol. The normalized spacial score (nSPS) is 23.3. The highest BCUT2D eigenvalue weighted by atomic mass is 16.6. The predicted octanol–water partition coefficient (Wildman–Crippen LogP) is 4.04. The van der Waals surface area contributed by atoms with Gasteiger partial charge in [-0.1, -0.05) is 6.92 Å². The molecule has 2 aliphatic heterocycles. The van der Waals surface area contributed by atoms with Crippen molar-refractivity contribution in [2.24, 2.45) is 0 Å². The molecule has 0 radical (unpaired) electrons. The fourth-order valence-electron chi connectivity index (χ4n) is 4.12. The Balaban J connectivity index is 1.74. The topological polar surface area (TPSA) is 68.0 Å². The van der Waals surface area contributed by atoms with E-state index in [1.807, 2.05) is 50.8 Å². The van der Waals surface area contributed by atoms with E-state index in [9.17, 15) is 4.79 Å². The predicted molar refractivity (Wildman–Crippen MR) is 108 cm³/mol. The lowest BCUT2D eigenvalue weighted by Gasteiger charge is -2.35. The summed E-state index contributed by atoms with van der Waals surface area (Å²) in [4.78, 5) is 17.0. The average Bonchev–Trinajstić information content (AvgIpc) is 3.24. The number of nitrogens with zero attached hydrogens (tertiary/aromatic N) is 2. The van der Waals surface area contributed by atoms with E-state index in [1.165, 1.54) is 0 Å². The summed E-state index contributed by atoms with van der Waals surface area (Å²) in [5.41, 5.74) is 7.69. The van der Waals surface area contributed by atoms with Crippen molar-refractivity contribution in [2.45, 2.75) is 71.1 Å². The molecular formula is C21H33N3O3. The molecule has 2 N–H and O–H groups in total. The van der Waals surface area contributed by atoms with Gasteiger partial charge in [0, 0.05) is 31.4 Å². The largest absolute Gasteiger partial charge is 0.489 e. The summed E-state index contributed by atoms with van der Waals surface area (Å²) in [6.45, 7) is 10.5. The van der Waals surface area contributed by atoms with Crippen LogP contribution in [-0.2, 0) is 4.74 Å². The van der Waals surface area contributed by atoms with Crippen molar-refractivity contribution >= 4 is 17.5 Å².